The average Bonchev–Trinajstić information content (AvgIpc) is 3.05. The summed E-state index contributed by atoms with van der Waals surface area (Å²) in [4.78, 5) is 32.3. The number of aromatic amines is 1. The lowest BCUT2D eigenvalue weighted by molar-refractivity contribution is 0.0978. The largest absolute Gasteiger partial charge is 0.358 e. The van der Waals surface area contributed by atoms with Crippen molar-refractivity contribution in [2.75, 3.05) is 26.2 Å². The molecule has 1 unspecified atom stereocenters. The van der Waals surface area contributed by atoms with Gasteiger partial charge in [-0.3, -0.25) is 9.69 Å². The van der Waals surface area contributed by atoms with Crippen molar-refractivity contribution < 1.29 is 9.59 Å². The second kappa shape index (κ2) is 8.42. The Morgan fingerprint density at radius 2 is 2.07 bits per heavy atom. The van der Waals surface area contributed by atoms with Crippen LogP contribution in [0.2, 0.25) is 0 Å². The van der Waals surface area contributed by atoms with Crippen LogP contribution < -0.4 is 5.32 Å². The first-order valence-electron chi connectivity index (χ1n) is 11.4. The number of piperidine rings is 1. The van der Waals surface area contributed by atoms with Crippen molar-refractivity contribution in [3.05, 3.63) is 34.5 Å². The normalized spacial score (nSPS) is 23.3. The van der Waals surface area contributed by atoms with Crippen LogP contribution in [0.5, 0.6) is 0 Å². The van der Waals surface area contributed by atoms with E-state index in [2.05, 4.69) is 35.1 Å². The third kappa shape index (κ3) is 3.51. The molecule has 0 bridgehead atoms. The fourth-order valence-electron chi connectivity index (χ4n) is 5.66. The Morgan fingerprint density at radius 3 is 2.73 bits per heavy atom. The number of aldehydes is 1. The van der Waals surface area contributed by atoms with E-state index >= 15 is 0 Å². The molecular weight excluding hydrogens is 376 g/mol. The van der Waals surface area contributed by atoms with Gasteiger partial charge in [-0.2, -0.15) is 0 Å². The maximum atomic E-state index is 12.7. The van der Waals surface area contributed by atoms with Crippen molar-refractivity contribution >= 4 is 23.2 Å². The summed E-state index contributed by atoms with van der Waals surface area (Å²) >= 11 is 0. The zero-order valence-electron chi connectivity index (χ0n) is 18.6. The van der Waals surface area contributed by atoms with Crippen molar-refractivity contribution in [2.45, 2.75) is 65.0 Å². The zero-order valence-corrected chi connectivity index (χ0v) is 18.6. The van der Waals surface area contributed by atoms with Crippen LogP contribution in [0.15, 0.2) is 12.1 Å². The number of hydrogen-bond donors (Lipinski definition) is 2. The number of H-pyrrole nitrogens is 1. The molecule has 1 aliphatic heterocycles. The number of nitrogens with one attached hydrogen (secondary N) is 2. The second-order valence-corrected chi connectivity index (χ2v) is 8.81. The number of likely N-dealkylation sites (tertiary alicyclic amines) is 1. The Morgan fingerprint density at radius 1 is 1.30 bits per heavy atom. The lowest BCUT2D eigenvalue weighted by Gasteiger charge is -2.47. The molecule has 0 spiro atoms. The predicted octanol–water partition coefficient (Wildman–Crippen LogP) is 3.83. The lowest BCUT2D eigenvalue weighted by atomic mass is 9.73. The highest BCUT2D eigenvalue weighted by Crippen LogP contribution is 2.45. The number of urea groups is 1. The minimum atomic E-state index is 0.0284. The van der Waals surface area contributed by atoms with E-state index in [1.807, 2.05) is 24.8 Å². The van der Waals surface area contributed by atoms with Crippen molar-refractivity contribution in [2.24, 2.45) is 0 Å². The second-order valence-electron chi connectivity index (χ2n) is 8.81. The van der Waals surface area contributed by atoms with Crippen molar-refractivity contribution in [3.63, 3.8) is 0 Å². The van der Waals surface area contributed by atoms with Crippen molar-refractivity contribution in [1.82, 2.24) is 20.1 Å². The van der Waals surface area contributed by atoms with Crippen LogP contribution in [0.1, 0.15) is 66.7 Å². The first-order chi connectivity index (χ1) is 14.5. The molecule has 1 aromatic heterocycles. The maximum Gasteiger partial charge on any atom is 0.317 e. The molecule has 162 valence electrons. The van der Waals surface area contributed by atoms with Gasteiger partial charge in [0.05, 0.1) is 0 Å². The highest BCUT2D eigenvalue weighted by Gasteiger charge is 2.41. The van der Waals surface area contributed by atoms with E-state index in [1.165, 1.54) is 22.2 Å². The van der Waals surface area contributed by atoms with Crippen LogP contribution in [0.3, 0.4) is 0 Å². The van der Waals surface area contributed by atoms with Gasteiger partial charge in [0, 0.05) is 59.8 Å². The first-order valence-corrected chi connectivity index (χ1v) is 11.4. The summed E-state index contributed by atoms with van der Waals surface area (Å²) in [5.74, 6) is 0.317. The van der Waals surface area contributed by atoms with Gasteiger partial charge < -0.3 is 15.2 Å². The van der Waals surface area contributed by atoms with Crippen LogP contribution in [0, 0.1) is 6.92 Å². The molecule has 0 radical (unpaired) electrons. The molecule has 1 aliphatic carbocycles. The van der Waals surface area contributed by atoms with Gasteiger partial charge in [0.15, 0.2) is 0 Å². The summed E-state index contributed by atoms with van der Waals surface area (Å²) < 4.78 is 0. The monoisotopic (exact) mass is 410 g/mol. The lowest BCUT2D eigenvalue weighted by Crippen LogP contribution is -2.58. The molecule has 1 aromatic carbocycles. The van der Waals surface area contributed by atoms with E-state index in [0.717, 1.165) is 49.7 Å². The molecule has 0 saturated carbocycles. The van der Waals surface area contributed by atoms with Crippen LogP contribution >= 0.6 is 0 Å². The van der Waals surface area contributed by atoms with Crippen molar-refractivity contribution in [1.29, 1.82) is 0 Å². The van der Waals surface area contributed by atoms with Gasteiger partial charge in [0.1, 0.15) is 6.29 Å². The number of fused-ring (bicyclic) bond motifs is 2. The Hall–Kier alpha value is -2.34. The Bertz CT molecular complexity index is 946. The van der Waals surface area contributed by atoms with Gasteiger partial charge in [-0.25, -0.2) is 4.79 Å². The minimum Gasteiger partial charge on any atom is -0.358 e. The maximum absolute atomic E-state index is 12.7. The highest BCUT2D eigenvalue weighted by molar-refractivity contribution is 5.94. The number of rotatable bonds is 6. The predicted molar refractivity (Wildman–Crippen MR) is 120 cm³/mol. The Labute approximate surface area is 179 Å². The summed E-state index contributed by atoms with van der Waals surface area (Å²) in [7, 11) is 0. The molecule has 1 saturated heterocycles. The van der Waals surface area contributed by atoms with Gasteiger partial charge in [0.25, 0.3) is 0 Å². The minimum absolute atomic E-state index is 0.0284. The Balaban J connectivity index is 1.71. The average molecular weight is 411 g/mol. The zero-order chi connectivity index (χ0) is 21.4. The number of hydrogen-bond acceptors (Lipinski definition) is 3. The third-order valence-corrected chi connectivity index (χ3v) is 7.03. The van der Waals surface area contributed by atoms with Crippen molar-refractivity contribution in [3.8, 4) is 0 Å². The summed E-state index contributed by atoms with van der Waals surface area (Å²) in [6.45, 7) is 11.7. The fraction of sp³-hybridized carbons (Fsp3) is 0.583. The molecule has 6 heteroatoms. The topological polar surface area (TPSA) is 68.4 Å². The number of carbonyl (C=O) groups excluding carboxylic acids is 2. The Kier molecular flexibility index (Phi) is 5.87. The molecule has 1 fully saturated rings. The van der Waals surface area contributed by atoms with E-state index in [0.29, 0.717) is 25.0 Å². The molecular formula is C24H34N4O2. The molecule has 2 N–H and O–H groups in total. The first kappa shape index (κ1) is 20.9. The fourth-order valence-corrected chi connectivity index (χ4v) is 5.66. The summed E-state index contributed by atoms with van der Waals surface area (Å²) in [5.41, 5.74) is 5.67. The van der Waals surface area contributed by atoms with E-state index < -0.39 is 0 Å². The third-order valence-electron chi connectivity index (χ3n) is 7.03. The summed E-state index contributed by atoms with van der Waals surface area (Å²) in [6.07, 6.45) is 3.98. The van der Waals surface area contributed by atoms with Gasteiger partial charge in [0.2, 0.25) is 0 Å². The smallest absolute Gasteiger partial charge is 0.317 e. The molecule has 2 amide bonds. The number of benzene rings is 1. The van der Waals surface area contributed by atoms with E-state index in [4.69, 9.17) is 0 Å². The van der Waals surface area contributed by atoms with Gasteiger partial charge in [-0.05, 0) is 69.8 Å². The van der Waals surface area contributed by atoms with E-state index in [1.54, 1.807) is 0 Å². The highest BCUT2D eigenvalue weighted by atomic mass is 16.2. The number of carbonyl (C=O) groups is 2. The number of nitrogens with zero attached hydrogens (tertiary/aromatic N) is 2. The molecule has 3 atom stereocenters. The van der Waals surface area contributed by atoms with Gasteiger partial charge in [-0.1, -0.05) is 6.92 Å². The van der Waals surface area contributed by atoms with Crippen LogP contribution in [0.25, 0.3) is 10.9 Å². The number of amides is 2. The number of aryl methyl sites for hydroxylation is 1. The van der Waals surface area contributed by atoms with Gasteiger partial charge in [-0.15, -0.1) is 0 Å². The van der Waals surface area contributed by atoms with E-state index in [9.17, 15) is 9.59 Å². The molecule has 2 heterocycles. The summed E-state index contributed by atoms with van der Waals surface area (Å²) in [5, 5.41) is 4.60. The molecule has 30 heavy (non-hydrogen) atoms. The van der Waals surface area contributed by atoms with Gasteiger partial charge >= 0.3 is 6.03 Å². The summed E-state index contributed by atoms with van der Waals surface area (Å²) in [6, 6.07) is 4.61. The molecule has 2 aromatic rings. The van der Waals surface area contributed by atoms with Crippen LogP contribution in [0.4, 0.5) is 4.79 Å². The van der Waals surface area contributed by atoms with E-state index in [-0.39, 0.29) is 12.1 Å². The molecule has 4 rings (SSSR count). The SMILES string of the molecule is CCCN1CC(NC(=O)N(CC)CC)C[C@@H]2c3cc(C=O)cc4[nH]c(C)c(c34)C[C@H]21. The standard InChI is InChI=1S/C24H34N4O2/c1-5-8-28-13-17(26-24(30)27(6-2)7-3)11-19-20-9-16(14-29)10-21-23(20)18(12-22(19)28)15(4)25-21/h9-10,14,17,19,22,25H,5-8,11-13H2,1-4H3,(H,26,30)/t17?,19-,22-/m1/s1. The molecule has 2 aliphatic rings. The van der Waals surface area contributed by atoms with Crippen LogP contribution in [-0.2, 0) is 6.42 Å². The van der Waals surface area contributed by atoms with Crippen LogP contribution in [-0.4, -0.2) is 65.4 Å². The molecule has 6 nitrogen and oxygen atoms in total. The quantitative estimate of drug-likeness (QED) is 0.711. The number of aromatic nitrogens is 1.